The average Bonchev–Trinajstić information content (AvgIpc) is 2.80. The number of para-hydroxylation sites is 1. The van der Waals surface area contributed by atoms with Crippen molar-refractivity contribution >= 4 is 11.6 Å². The second-order valence-electron chi connectivity index (χ2n) is 7.61. The number of anilines is 1. The fourth-order valence-corrected chi connectivity index (χ4v) is 3.33. The van der Waals surface area contributed by atoms with Gasteiger partial charge in [0, 0.05) is 11.3 Å². The summed E-state index contributed by atoms with van der Waals surface area (Å²) in [5.41, 5.74) is 0.751. The number of hydrogen-bond donors (Lipinski definition) is 1. The molecule has 166 valence electrons. The highest BCUT2D eigenvalue weighted by molar-refractivity contribution is 6.02. The van der Waals surface area contributed by atoms with Gasteiger partial charge in [0.1, 0.15) is 5.82 Å². The van der Waals surface area contributed by atoms with Crippen LogP contribution in [0.2, 0.25) is 0 Å². The van der Waals surface area contributed by atoms with Crippen LogP contribution in [0.3, 0.4) is 0 Å². The van der Waals surface area contributed by atoms with E-state index >= 15 is 0 Å². The van der Waals surface area contributed by atoms with Gasteiger partial charge in [0.2, 0.25) is 5.69 Å². The molecule has 0 aliphatic heterocycles. The minimum atomic E-state index is -0.906. The molecule has 0 saturated carbocycles. The first-order valence-corrected chi connectivity index (χ1v) is 10.3. The number of benzene rings is 3. The third-order valence-corrected chi connectivity index (χ3v) is 5.33. The fourth-order valence-electron chi connectivity index (χ4n) is 3.33. The van der Waals surface area contributed by atoms with E-state index in [4.69, 9.17) is 0 Å². The molecule has 0 aliphatic carbocycles. The van der Waals surface area contributed by atoms with Gasteiger partial charge in [-0.25, -0.2) is 9.18 Å². The molecule has 0 saturated heterocycles. The van der Waals surface area contributed by atoms with Crippen LogP contribution in [0.1, 0.15) is 27.2 Å². The van der Waals surface area contributed by atoms with Crippen LogP contribution in [0.5, 0.6) is 0 Å². The summed E-state index contributed by atoms with van der Waals surface area (Å²) in [6.45, 7) is 3.46. The van der Waals surface area contributed by atoms with Crippen LogP contribution in [0.15, 0.2) is 82.4 Å². The Kier molecular flexibility index (Phi) is 5.99. The standard InChI is InChI=1S/C25H21FN4O3/c1-16-12-13-20(14-17(16)2)30-25(33)29(15-18-8-6-7-11-21(18)26)24(32)22(28-30)23(31)27-19-9-4-3-5-10-19/h3-14H,15H2,1-2H3,(H,27,31). The Morgan fingerprint density at radius 3 is 2.33 bits per heavy atom. The maximum atomic E-state index is 14.3. The Morgan fingerprint density at radius 1 is 0.939 bits per heavy atom. The Morgan fingerprint density at radius 2 is 1.64 bits per heavy atom. The van der Waals surface area contributed by atoms with Gasteiger partial charge in [-0.15, -0.1) is 0 Å². The first kappa shape index (κ1) is 21.9. The minimum absolute atomic E-state index is 0.143. The molecule has 3 aromatic carbocycles. The van der Waals surface area contributed by atoms with E-state index in [1.54, 1.807) is 48.5 Å². The van der Waals surface area contributed by atoms with Gasteiger partial charge in [-0.2, -0.15) is 9.78 Å². The summed E-state index contributed by atoms with van der Waals surface area (Å²) >= 11 is 0. The summed E-state index contributed by atoms with van der Waals surface area (Å²) in [6.07, 6.45) is 0. The minimum Gasteiger partial charge on any atom is -0.320 e. The van der Waals surface area contributed by atoms with E-state index in [0.29, 0.717) is 11.4 Å². The molecule has 33 heavy (non-hydrogen) atoms. The van der Waals surface area contributed by atoms with Gasteiger partial charge in [0.25, 0.3) is 11.5 Å². The SMILES string of the molecule is Cc1ccc(-n2nc(C(=O)Nc3ccccc3)c(=O)n(Cc3ccccc3F)c2=O)cc1C. The number of carbonyl (C=O) groups excluding carboxylic acids is 1. The lowest BCUT2D eigenvalue weighted by molar-refractivity contribution is 0.101. The van der Waals surface area contributed by atoms with Gasteiger partial charge in [0.15, 0.2) is 0 Å². The number of carbonyl (C=O) groups is 1. The molecule has 1 heterocycles. The molecule has 0 aliphatic rings. The average molecular weight is 444 g/mol. The monoisotopic (exact) mass is 444 g/mol. The van der Waals surface area contributed by atoms with E-state index in [9.17, 15) is 18.8 Å². The summed E-state index contributed by atoms with van der Waals surface area (Å²) in [4.78, 5) is 39.3. The highest BCUT2D eigenvalue weighted by atomic mass is 19.1. The fraction of sp³-hybridized carbons (Fsp3) is 0.120. The Hall–Kier alpha value is -4.33. The lowest BCUT2D eigenvalue weighted by Crippen LogP contribution is -2.45. The molecule has 0 radical (unpaired) electrons. The van der Waals surface area contributed by atoms with Crippen molar-refractivity contribution in [2.45, 2.75) is 20.4 Å². The lowest BCUT2D eigenvalue weighted by atomic mass is 10.1. The highest BCUT2D eigenvalue weighted by Crippen LogP contribution is 2.13. The van der Waals surface area contributed by atoms with Crippen molar-refractivity contribution in [1.82, 2.24) is 14.3 Å². The van der Waals surface area contributed by atoms with Crippen molar-refractivity contribution in [3.63, 3.8) is 0 Å². The van der Waals surface area contributed by atoms with Gasteiger partial charge < -0.3 is 5.32 Å². The van der Waals surface area contributed by atoms with Crippen LogP contribution >= 0.6 is 0 Å². The second-order valence-corrected chi connectivity index (χ2v) is 7.61. The Bertz CT molecular complexity index is 1460. The number of hydrogen-bond acceptors (Lipinski definition) is 4. The second kappa shape index (κ2) is 9.04. The van der Waals surface area contributed by atoms with E-state index in [2.05, 4.69) is 10.4 Å². The first-order chi connectivity index (χ1) is 15.8. The van der Waals surface area contributed by atoms with Crippen molar-refractivity contribution < 1.29 is 9.18 Å². The summed E-state index contributed by atoms with van der Waals surface area (Å²) in [5.74, 6) is -1.33. The van der Waals surface area contributed by atoms with E-state index in [1.807, 2.05) is 19.9 Å². The normalized spacial score (nSPS) is 10.8. The summed E-state index contributed by atoms with van der Waals surface area (Å²) < 4.78 is 16.1. The van der Waals surface area contributed by atoms with E-state index in [0.717, 1.165) is 20.4 Å². The highest BCUT2D eigenvalue weighted by Gasteiger charge is 2.21. The molecule has 1 aromatic heterocycles. The maximum absolute atomic E-state index is 14.3. The Balaban J connectivity index is 1.89. The lowest BCUT2D eigenvalue weighted by Gasteiger charge is -2.13. The van der Waals surface area contributed by atoms with E-state index < -0.39 is 28.7 Å². The number of amides is 1. The topological polar surface area (TPSA) is 86.0 Å². The molecule has 1 N–H and O–H groups in total. The Labute approximate surface area is 188 Å². The zero-order valence-electron chi connectivity index (χ0n) is 18.1. The van der Waals surface area contributed by atoms with E-state index in [-0.39, 0.29) is 12.1 Å². The molecule has 0 unspecified atom stereocenters. The zero-order valence-corrected chi connectivity index (χ0v) is 18.1. The van der Waals surface area contributed by atoms with Gasteiger partial charge >= 0.3 is 5.69 Å². The predicted molar refractivity (Wildman–Crippen MR) is 123 cm³/mol. The van der Waals surface area contributed by atoms with Crippen molar-refractivity contribution in [1.29, 1.82) is 0 Å². The zero-order chi connectivity index (χ0) is 23.5. The molecule has 1 amide bonds. The number of halogens is 1. The predicted octanol–water partition coefficient (Wildman–Crippen LogP) is 3.45. The van der Waals surface area contributed by atoms with Gasteiger partial charge in [-0.3, -0.25) is 14.2 Å². The van der Waals surface area contributed by atoms with Gasteiger partial charge in [0.05, 0.1) is 12.2 Å². The third-order valence-electron chi connectivity index (χ3n) is 5.33. The molecular formula is C25H21FN4O3. The van der Waals surface area contributed by atoms with Crippen LogP contribution in [0, 0.1) is 19.7 Å². The molecule has 4 aromatic rings. The van der Waals surface area contributed by atoms with E-state index in [1.165, 1.54) is 18.2 Å². The van der Waals surface area contributed by atoms with Crippen LogP contribution in [0.4, 0.5) is 10.1 Å². The first-order valence-electron chi connectivity index (χ1n) is 10.3. The molecule has 0 spiro atoms. The van der Waals surface area contributed by atoms with Gasteiger partial charge in [-0.05, 0) is 55.3 Å². The van der Waals surface area contributed by atoms with Crippen LogP contribution < -0.4 is 16.6 Å². The molecular weight excluding hydrogens is 423 g/mol. The number of nitrogens with one attached hydrogen (secondary N) is 1. The van der Waals surface area contributed by atoms with Crippen LogP contribution in [0.25, 0.3) is 5.69 Å². The van der Waals surface area contributed by atoms with Crippen molar-refractivity contribution in [2.75, 3.05) is 5.32 Å². The molecule has 0 fully saturated rings. The number of aryl methyl sites for hydroxylation is 2. The number of rotatable bonds is 5. The largest absolute Gasteiger partial charge is 0.352 e. The van der Waals surface area contributed by atoms with Crippen LogP contribution in [-0.2, 0) is 6.54 Å². The van der Waals surface area contributed by atoms with Crippen molar-refractivity contribution in [2.24, 2.45) is 0 Å². The summed E-state index contributed by atoms with van der Waals surface area (Å²) in [5, 5.41) is 6.71. The molecule has 0 bridgehead atoms. The van der Waals surface area contributed by atoms with Crippen LogP contribution in [-0.4, -0.2) is 20.3 Å². The molecule has 8 heteroatoms. The third kappa shape index (κ3) is 4.50. The molecule has 0 atom stereocenters. The van der Waals surface area contributed by atoms with Gasteiger partial charge in [-0.1, -0.05) is 42.5 Å². The van der Waals surface area contributed by atoms with Crippen molar-refractivity contribution in [3.05, 3.63) is 122 Å². The summed E-state index contributed by atoms with van der Waals surface area (Å²) in [6, 6.07) is 19.6. The quantitative estimate of drug-likeness (QED) is 0.511. The molecule has 4 rings (SSSR count). The molecule has 7 nitrogen and oxygen atoms in total. The number of nitrogens with zero attached hydrogens (tertiary/aromatic N) is 3. The smallest absolute Gasteiger partial charge is 0.320 e. The van der Waals surface area contributed by atoms with Crippen molar-refractivity contribution in [3.8, 4) is 5.69 Å². The summed E-state index contributed by atoms with van der Waals surface area (Å²) in [7, 11) is 0. The maximum Gasteiger partial charge on any atom is 0.352 e. The number of aromatic nitrogens is 3.